The van der Waals surface area contributed by atoms with Crippen LogP contribution in [0.1, 0.15) is 51.5 Å². The number of carbonyl (C=O) groups excluding carboxylic acids is 3. The summed E-state index contributed by atoms with van der Waals surface area (Å²) in [5.41, 5.74) is 2.22. The van der Waals surface area contributed by atoms with E-state index in [2.05, 4.69) is 39.5 Å². The van der Waals surface area contributed by atoms with Crippen molar-refractivity contribution in [1.82, 2.24) is 9.80 Å². The van der Waals surface area contributed by atoms with E-state index in [-0.39, 0.29) is 29.3 Å². The molecule has 0 spiro atoms. The lowest BCUT2D eigenvalue weighted by molar-refractivity contribution is -0.140. The van der Waals surface area contributed by atoms with Crippen LogP contribution in [0.2, 0.25) is 0 Å². The summed E-state index contributed by atoms with van der Waals surface area (Å²) >= 11 is 0. The summed E-state index contributed by atoms with van der Waals surface area (Å²) in [5, 5.41) is 5.69. The van der Waals surface area contributed by atoms with Crippen LogP contribution in [-0.2, 0) is 20.9 Å². The smallest absolute Gasteiger partial charge is 0.238 e. The lowest BCUT2D eigenvalue weighted by atomic mass is 9.84. The van der Waals surface area contributed by atoms with E-state index in [0.29, 0.717) is 30.9 Å². The van der Waals surface area contributed by atoms with Gasteiger partial charge in [-0.2, -0.15) is 0 Å². The van der Waals surface area contributed by atoms with Crippen molar-refractivity contribution in [2.24, 2.45) is 0 Å². The number of hydrogen-bond donors (Lipinski definition) is 2. The molecule has 34 heavy (non-hydrogen) atoms. The lowest BCUT2D eigenvalue weighted by Gasteiger charge is -2.46. The highest BCUT2D eigenvalue weighted by Crippen LogP contribution is 2.39. The van der Waals surface area contributed by atoms with Crippen molar-refractivity contribution in [2.75, 3.05) is 23.7 Å². The molecule has 0 unspecified atom stereocenters. The van der Waals surface area contributed by atoms with Crippen LogP contribution in [0.4, 0.5) is 11.4 Å². The molecular weight excluding hydrogens is 428 g/mol. The Bertz CT molecular complexity index is 1020. The summed E-state index contributed by atoms with van der Waals surface area (Å²) < 4.78 is 0. The van der Waals surface area contributed by atoms with Crippen LogP contribution in [-0.4, -0.2) is 52.2 Å². The Morgan fingerprint density at radius 3 is 2.35 bits per heavy atom. The van der Waals surface area contributed by atoms with E-state index < -0.39 is 0 Å². The molecule has 2 aromatic rings. The molecule has 2 aliphatic heterocycles. The third-order valence-corrected chi connectivity index (χ3v) is 7.12. The Labute approximate surface area is 201 Å². The van der Waals surface area contributed by atoms with Crippen molar-refractivity contribution < 1.29 is 14.4 Å². The van der Waals surface area contributed by atoms with Gasteiger partial charge in [0.25, 0.3) is 0 Å². The van der Waals surface area contributed by atoms with Crippen LogP contribution in [0, 0.1) is 0 Å². The van der Waals surface area contributed by atoms with Gasteiger partial charge >= 0.3 is 0 Å². The molecule has 2 aliphatic rings. The van der Waals surface area contributed by atoms with Crippen LogP contribution in [0.3, 0.4) is 0 Å². The Hall–Kier alpha value is -3.19. The number of likely N-dealkylation sites (tertiary alicyclic amines) is 2. The number of fused-ring (bicyclic) bond motifs is 1. The zero-order valence-electron chi connectivity index (χ0n) is 20.0. The van der Waals surface area contributed by atoms with Gasteiger partial charge in [0, 0.05) is 43.9 Å². The molecule has 7 nitrogen and oxygen atoms in total. The molecule has 2 N–H and O–H groups in total. The molecule has 0 aliphatic carbocycles. The van der Waals surface area contributed by atoms with Crippen molar-refractivity contribution in [3.8, 4) is 0 Å². The fourth-order valence-corrected chi connectivity index (χ4v) is 5.38. The van der Waals surface area contributed by atoms with Gasteiger partial charge in [0.05, 0.1) is 12.1 Å². The topological polar surface area (TPSA) is 81.8 Å². The molecule has 7 heteroatoms. The second-order valence-electron chi connectivity index (χ2n) is 9.61. The van der Waals surface area contributed by atoms with Crippen LogP contribution in [0.5, 0.6) is 0 Å². The summed E-state index contributed by atoms with van der Waals surface area (Å²) in [6.07, 6.45) is 4.30. The molecule has 0 radical (unpaired) electrons. The summed E-state index contributed by atoms with van der Waals surface area (Å²) in [5.74, 6) is 0.00833. The van der Waals surface area contributed by atoms with Crippen molar-refractivity contribution in [1.29, 1.82) is 0 Å². The molecule has 0 saturated carbocycles. The van der Waals surface area contributed by atoms with E-state index in [1.165, 1.54) is 6.92 Å². The van der Waals surface area contributed by atoms with Gasteiger partial charge in [0.15, 0.2) is 0 Å². The zero-order valence-corrected chi connectivity index (χ0v) is 20.0. The minimum Gasteiger partial charge on any atom is -0.331 e. The first-order valence-corrected chi connectivity index (χ1v) is 12.1. The van der Waals surface area contributed by atoms with E-state index in [1.54, 1.807) is 24.3 Å². The molecule has 2 fully saturated rings. The normalized spacial score (nSPS) is 23.1. The number of hydrogen-bond acceptors (Lipinski definition) is 4. The third-order valence-electron chi connectivity index (χ3n) is 7.12. The van der Waals surface area contributed by atoms with Crippen molar-refractivity contribution in [3.05, 3.63) is 60.2 Å². The first kappa shape index (κ1) is 24.0. The number of benzene rings is 2. The highest BCUT2D eigenvalue weighted by atomic mass is 16.2. The Morgan fingerprint density at radius 2 is 1.68 bits per heavy atom. The monoisotopic (exact) mass is 462 g/mol. The van der Waals surface area contributed by atoms with Gasteiger partial charge in [-0.1, -0.05) is 36.8 Å². The van der Waals surface area contributed by atoms with Crippen LogP contribution in [0.25, 0.3) is 0 Å². The van der Waals surface area contributed by atoms with Gasteiger partial charge in [0.1, 0.15) is 0 Å². The molecule has 2 aromatic carbocycles. The number of amides is 3. The van der Waals surface area contributed by atoms with Gasteiger partial charge in [-0.05, 0) is 56.0 Å². The first-order valence-electron chi connectivity index (χ1n) is 12.1. The molecule has 4 rings (SSSR count). The van der Waals surface area contributed by atoms with Gasteiger partial charge in [0.2, 0.25) is 17.7 Å². The summed E-state index contributed by atoms with van der Waals surface area (Å²) in [6.45, 7) is 5.34. The first-order chi connectivity index (χ1) is 16.3. The molecule has 2 saturated heterocycles. The van der Waals surface area contributed by atoms with Crippen molar-refractivity contribution in [2.45, 2.75) is 64.1 Å². The van der Waals surface area contributed by atoms with Gasteiger partial charge in [-0.3, -0.25) is 19.3 Å². The molecule has 2 atom stereocenters. The highest BCUT2D eigenvalue weighted by molar-refractivity contribution is 5.93. The van der Waals surface area contributed by atoms with E-state index in [9.17, 15) is 14.4 Å². The fourth-order valence-electron chi connectivity index (χ4n) is 5.38. The molecular formula is C27H34N4O3. The maximum atomic E-state index is 13.2. The highest BCUT2D eigenvalue weighted by Gasteiger charge is 2.49. The molecule has 0 aromatic heterocycles. The SMILES string of the molecule is CC(=O)Nc1ccc(NC(=O)CN2CC[C@@]3(C)[C@@H]2CCCCC(=O)N3Cc2ccccc2)cc1. The van der Waals surface area contributed by atoms with Crippen molar-refractivity contribution in [3.63, 3.8) is 0 Å². The molecule has 180 valence electrons. The predicted molar refractivity (Wildman–Crippen MR) is 133 cm³/mol. The van der Waals surface area contributed by atoms with Gasteiger partial charge < -0.3 is 15.5 Å². The maximum Gasteiger partial charge on any atom is 0.238 e. The second-order valence-corrected chi connectivity index (χ2v) is 9.61. The number of nitrogens with zero attached hydrogens (tertiary/aromatic N) is 2. The van der Waals surface area contributed by atoms with E-state index in [0.717, 1.165) is 37.8 Å². The van der Waals surface area contributed by atoms with E-state index >= 15 is 0 Å². The molecule has 3 amide bonds. The average molecular weight is 463 g/mol. The maximum absolute atomic E-state index is 13.2. The molecule has 2 heterocycles. The fraction of sp³-hybridized carbons (Fsp3) is 0.444. The number of rotatable bonds is 6. The second kappa shape index (κ2) is 10.4. The van der Waals surface area contributed by atoms with Crippen LogP contribution < -0.4 is 10.6 Å². The largest absolute Gasteiger partial charge is 0.331 e. The van der Waals surface area contributed by atoms with E-state index in [4.69, 9.17) is 0 Å². The Morgan fingerprint density at radius 1 is 1.00 bits per heavy atom. The third kappa shape index (κ3) is 5.47. The van der Waals surface area contributed by atoms with Crippen LogP contribution >= 0.6 is 0 Å². The number of carbonyl (C=O) groups is 3. The van der Waals surface area contributed by atoms with Crippen molar-refractivity contribution >= 4 is 29.1 Å². The number of anilines is 2. The minimum absolute atomic E-state index is 0.0699. The standard InChI is InChI=1S/C27H34N4O3/c1-20(32)28-22-12-14-23(15-13-22)29-25(33)19-30-17-16-27(2)24(30)10-6-7-11-26(34)31(27)18-21-8-4-3-5-9-21/h3-5,8-9,12-15,24H,6-7,10-11,16-19H2,1-2H3,(H,28,32)(H,29,33)/t24-,27-/m0/s1. The minimum atomic E-state index is -0.298. The average Bonchev–Trinajstić information content (AvgIpc) is 3.11. The lowest BCUT2D eigenvalue weighted by Crippen LogP contribution is -2.57. The Balaban J connectivity index is 1.45. The quantitative estimate of drug-likeness (QED) is 0.679. The van der Waals surface area contributed by atoms with Gasteiger partial charge in [-0.25, -0.2) is 0 Å². The predicted octanol–water partition coefficient (Wildman–Crippen LogP) is 4.02. The van der Waals surface area contributed by atoms with Crippen LogP contribution in [0.15, 0.2) is 54.6 Å². The molecule has 0 bridgehead atoms. The Kier molecular flexibility index (Phi) is 7.32. The zero-order chi connectivity index (χ0) is 24.1. The summed E-state index contributed by atoms with van der Waals surface area (Å²) in [7, 11) is 0. The number of nitrogens with one attached hydrogen (secondary N) is 2. The summed E-state index contributed by atoms with van der Waals surface area (Å²) in [4.78, 5) is 41.6. The summed E-state index contributed by atoms with van der Waals surface area (Å²) in [6, 6.07) is 17.4. The van der Waals surface area contributed by atoms with E-state index in [1.807, 2.05) is 18.2 Å². The van der Waals surface area contributed by atoms with Gasteiger partial charge in [-0.15, -0.1) is 0 Å².